The number of hydrogen-bond donors (Lipinski definition) is 1. The van der Waals surface area contributed by atoms with E-state index in [1.165, 1.54) is 0 Å². The maximum atomic E-state index is 12.4. The molecule has 3 heterocycles. The predicted molar refractivity (Wildman–Crippen MR) is 105 cm³/mol. The van der Waals surface area contributed by atoms with Gasteiger partial charge in [-0.3, -0.25) is 9.48 Å². The lowest BCUT2D eigenvalue weighted by Crippen LogP contribution is -2.14. The third kappa shape index (κ3) is 3.89. The summed E-state index contributed by atoms with van der Waals surface area (Å²) in [7, 11) is 0. The number of fused-ring (bicyclic) bond motifs is 1. The highest BCUT2D eigenvalue weighted by molar-refractivity contribution is 5.92. The Morgan fingerprint density at radius 2 is 2.04 bits per heavy atom. The third-order valence-corrected chi connectivity index (χ3v) is 4.51. The summed E-state index contributed by atoms with van der Waals surface area (Å²) in [4.78, 5) is 16.9. The van der Waals surface area contributed by atoms with Crippen molar-refractivity contribution < 1.29 is 4.79 Å². The van der Waals surface area contributed by atoms with E-state index in [0.717, 1.165) is 28.0 Å². The number of nitrogens with one attached hydrogen (secondary N) is 1. The van der Waals surface area contributed by atoms with E-state index in [2.05, 4.69) is 27.5 Å². The number of hydrogen-bond acceptors (Lipinski definition) is 3. The molecule has 0 bridgehead atoms. The number of imidazole rings is 1. The summed E-state index contributed by atoms with van der Waals surface area (Å²) in [6, 6.07) is 12.1. The fraction of sp³-hybridized carbons (Fsp3) is 0.190. The monoisotopic (exact) mass is 359 g/mol. The molecule has 0 fully saturated rings. The number of nitrogens with zero attached hydrogens (tertiary/aromatic N) is 4. The number of aromatic nitrogens is 4. The van der Waals surface area contributed by atoms with Crippen molar-refractivity contribution in [3.63, 3.8) is 0 Å². The molecule has 1 aromatic carbocycles. The Morgan fingerprint density at radius 1 is 1.15 bits per heavy atom. The van der Waals surface area contributed by atoms with Crippen molar-refractivity contribution in [2.75, 3.05) is 5.32 Å². The first-order chi connectivity index (χ1) is 13.1. The minimum atomic E-state index is -0.0454. The average molecular weight is 359 g/mol. The first kappa shape index (κ1) is 17.0. The number of carbonyl (C=O) groups excluding carboxylic acids is 1. The number of pyridine rings is 1. The van der Waals surface area contributed by atoms with E-state index in [4.69, 9.17) is 0 Å². The van der Waals surface area contributed by atoms with Gasteiger partial charge in [0.1, 0.15) is 5.65 Å². The predicted octanol–water partition coefficient (Wildman–Crippen LogP) is 3.38. The molecule has 0 aliphatic rings. The van der Waals surface area contributed by atoms with Crippen LogP contribution >= 0.6 is 0 Å². The molecule has 0 aliphatic heterocycles. The molecule has 4 aromatic rings. The molecule has 4 rings (SSSR count). The summed E-state index contributed by atoms with van der Waals surface area (Å²) < 4.78 is 3.75. The summed E-state index contributed by atoms with van der Waals surface area (Å²) in [5, 5.41) is 7.25. The molecule has 1 N–H and O–H groups in total. The minimum Gasteiger partial charge on any atom is -0.323 e. The lowest BCUT2D eigenvalue weighted by Gasteiger charge is -2.07. The van der Waals surface area contributed by atoms with E-state index in [1.54, 1.807) is 10.9 Å². The van der Waals surface area contributed by atoms with E-state index in [9.17, 15) is 4.79 Å². The van der Waals surface area contributed by atoms with Crippen LogP contribution in [0.25, 0.3) is 5.65 Å². The first-order valence-electron chi connectivity index (χ1n) is 8.88. The van der Waals surface area contributed by atoms with Gasteiger partial charge < -0.3 is 9.72 Å². The Hall–Kier alpha value is -3.41. The van der Waals surface area contributed by atoms with Gasteiger partial charge in [0.2, 0.25) is 5.91 Å². The molecule has 27 heavy (non-hydrogen) atoms. The molecule has 0 saturated carbocycles. The van der Waals surface area contributed by atoms with E-state index < -0.39 is 0 Å². The summed E-state index contributed by atoms with van der Waals surface area (Å²) in [6.45, 7) is 4.60. The zero-order chi connectivity index (χ0) is 18.8. The Kier molecular flexibility index (Phi) is 4.46. The third-order valence-electron chi connectivity index (χ3n) is 4.51. The molecule has 0 atom stereocenters. The number of benzene rings is 1. The van der Waals surface area contributed by atoms with Gasteiger partial charge in [-0.25, -0.2) is 4.98 Å². The number of aryl methyl sites for hydroxylation is 2. The van der Waals surface area contributed by atoms with Crippen LogP contribution in [0.1, 0.15) is 22.4 Å². The fourth-order valence-corrected chi connectivity index (χ4v) is 3.11. The minimum absolute atomic E-state index is 0.0454. The van der Waals surface area contributed by atoms with Crippen molar-refractivity contribution in [2.24, 2.45) is 0 Å². The summed E-state index contributed by atoms with van der Waals surface area (Å²) in [5.41, 5.74) is 5.83. The van der Waals surface area contributed by atoms with Crippen molar-refractivity contribution in [3.05, 3.63) is 83.6 Å². The van der Waals surface area contributed by atoms with Gasteiger partial charge in [0, 0.05) is 18.6 Å². The van der Waals surface area contributed by atoms with Gasteiger partial charge in [-0.1, -0.05) is 29.8 Å². The standard InChI is InChI=1S/C21H21N5O/c1-15-6-7-16(2)17(9-15)10-21(27)24-18-11-22-26(13-18)14-19-12-25-8-4-3-5-20(25)23-19/h3-9,11-13H,10,14H2,1-2H3,(H,24,27). The van der Waals surface area contributed by atoms with Crippen LogP contribution in [0.3, 0.4) is 0 Å². The number of carbonyl (C=O) groups is 1. The maximum Gasteiger partial charge on any atom is 0.228 e. The van der Waals surface area contributed by atoms with Crippen LogP contribution < -0.4 is 5.32 Å². The highest BCUT2D eigenvalue weighted by Crippen LogP contribution is 2.13. The van der Waals surface area contributed by atoms with Crippen LogP contribution in [-0.2, 0) is 17.8 Å². The van der Waals surface area contributed by atoms with Crippen LogP contribution in [0.4, 0.5) is 5.69 Å². The second kappa shape index (κ2) is 7.07. The van der Waals surface area contributed by atoms with E-state index in [0.29, 0.717) is 18.7 Å². The second-order valence-corrected chi connectivity index (χ2v) is 6.78. The van der Waals surface area contributed by atoms with Gasteiger partial charge >= 0.3 is 0 Å². The summed E-state index contributed by atoms with van der Waals surface area (Å²) in [6.07, 6.45) is 7.79. The Labute approximate surface area is 157 Å². The molecule has 6 heteroatoms. The molecule has 136 valence electrons. The molecule has 0 spiro atoms. The number of anilines is 1. The van der Waals surface area contributed by atoms with E-state index in [1.807, 2.05) is 61.1 Å². The molecule has 1 amide bonds. The summed E-state index contributed by atoms with van der Waals surface area (Å²) in [5.74, 6) is -0.0454. The quantitative estimate of drug-likeness (QED) is 0.594. The Balaban J connectivity index is 1.41. The van der Waals surface area contributed by atoms with Gasteiger partial charge in [-0.15, -0.1) is 0 Å². The number of rotatable bonds is 5. The van der Waals surface area contributed by atoms with Crippen molar-refractivity contribution >= 4 is 17.2 Å². The van der Waals surface area contributed by atoms with Gasteiger partial charge in [0.25, 0.3) is 0 Å². The molecule has 0 unspecified atom stereocenters. The molecular weight excluding hydrogens is 338 g/mol. The van der Waals surface area contributed by atoms with Crippen molar-refractivity contribution in [2.45, 2.75) is 26.8 Å². The Morgan fingerprint density at radius 3 is 2.89 bits per heavy atom. The van der Waals surface area contributed by atoms with E-state index in [-0.39, 0.29) is 5.91 Å². The van der Waals surface area contributed by atoms with Crippen molar-refractivity contribution in [1.29, 1.82) is 0 Å². The van der Waals surface area contributed by atoms with Crippen LogP contribution in [0, 0.1) is 13.8 Å². The van der Waals surface area contributed by atoms with Crippen LogP contribution in [0.15, 0.2) is 61.2 Å². The Bertz CT molecular complexity index is 1080. The van der Waals surface area contributed by atoms with Gasteiger partial charge in [-0.2, -0.15) is 5.10 Å². The summed E-state index contributed by atoms with van der Waals surface area (Å²) >= 11 is 0. The lowest BCUT2D eigenvalue weighted by molar-refractivity contribution is -0.115. The topological polar surface area (TPSA) is 64.2 Å². The highest BCUT2D eigenvalue weighted by atomic mass is 16.1. The number of amides is 1. The lowest BCUT2D eigenvalue weighted by atomic mass is 10.0. The van der Waals surface area contributed by atoms with Crippen LogP contribution in [0.5, 0.6) is 0 Å². The maximum absolute atomic E-state index is 12.4. The van der Waals surface area contributed by atoms with Gasteiger partial charge in [-0.05, 0) is 37.1 Å². The van der Waals surface area contributed by atoms with Gasteiger partial charge in [0.05, 0.1) is 30.5 Å². The molecule has 0 saturated heterocycles. The van der Waals surface area contributed by atoms with E-state index >= 15 is 0 Å². The SMILES string of the molecule is Cc1ccc(C)c(CC(=O)Nc2cnn(Cc3cn4ccccc4n3)c2)c1. The highest BCUT2D eigenvalue weighted by Gasteiger charge is 2.09. The van der Waals surface area contributed by atoms with Crippen molar-refractivity contribution in [1.82, 2.24) is 19.2 Å². The second-order valence-electron chi connectivity index (χ2n) is 6.78. The fourth-order valence-electron chi connectivity index (χ4n) is 3.11. The van der Waals surface area contributed by atoms with Crippen molar-refractivity contribution in [3.8, 4) is 0 Å². The van der Waals surface area contributed by atoms with Crippen LogP contribution in [-0.4, -0.2) is 25.1 Å². The molecular formula is C21H21N5O. The zero-order valence-electron chi connectivity index (χ0n) is 15.4. The molecule has 6 nitrogen and oxygen atoms in total. The zero-order valence-corrected chi connectivity index (χ0v) is 15.4. The smallest absolute Gasteiger partial charge is 0.228 e. The molecule has 0 aliphatic carbocycles. The van der Waals surface area contributed by atoms with Crippen LogP contribution in [0.2, 0.25) is 0 Å². The molecule has 3 aromatic heterocycles. The largest absolute Gasteiger partial charge is 0.323 e. The van der Waals surface area contributed by atoms with Gasteiger partial charge in [0.15, 0.2) is 0 Å². The normalized spacial score (nSPS) is 11.0. The average Bonchev–Trinajstić information content (AvgIpc) is 3.24. The first-order valence-corrected chi connectivity index (χ1v) is 8.88. The molecule has 0 radical (unpaired) electrons.